The summed E-state index contributed by atoms with van der Waals surface area (Å²) in [5, 5.41) is 2.52. The Morgan fingerprint density at radius 1 is 0.967 bits per heavy atom. The number of rotatable bonds is 3. The first kappa shape index (κ1) is 20.4. The average molecular weight is 448 g/mol. The molecular weight excluding hydrogens is 432 g/mol. The number of urea groups is 1. The molecule has 4 amide bonds. The molecule has 0 radical (unpaired) electrons. The highest BCUT2D eigenvalue weighted by atomic mass is 35.5. The highest BCUT2D eigenvalue weighted by Crippen LogP contribution is 2.30. The lowest BCUT2D eigenvalue weighted by atomic mass is 10.1. The van der Waals surface area contributed by atoms with Gasteiger partial charge in [-0.1, -0.05) is 29.3 Å². The first-order valence-electron chi connectivity index (χ1n) is 9.26. The standard InChI is InChI=1S/C21H16Cl2FN3O3/c22-15-5-4-13(11-16(15)23)27-20(29)14(19(28)25-21(27)30)9-12-3-6-18(17(24)10-12)26-7-1-2-8-26/h3-6,9-11H,1-2,7-8H2,(H,25,28,30)/b14-9+. The van der Waals surface area contributed by atoms with Crippen molar-refractivity contribution >= 4 is 58.5 Å². The molecule has 6 nitrogen and oxygen atoms in total. The molecule has 0 aliphatic carbocycles. The second kappa shape index (κ2) is 8.08. The summed E-state index contributed by atoms with van der Waals surface area (Å²) < 4.78 is 14.6. The third-order valence-corrected chi connectivity index (χ3v) is 5.73. The number of imide groups is 2. The van der Waals surface area contributed by atoms with Crippen molar-refractivity contribution in [2.24, 2.45) is 0 Å². The summed E-state index contributed by atoms with van der Waals surface area (Å²) in [6, 6.07) is 7.83. The molecule has 30 heavy (non-hydrogen) atoms. The molecule has 4 rings (SSSR count). The van der Waals surface area contributed by atoms with Gasteiger partial charge in [0.25, 0.3) is 11.8 Å². The first-order chi connectivity index (χ1) is 14.3. The lowest BCUT2D eigenvalue weighted by Crippen LogP contribution is -2.54. The van der Waals surface area contributed by atoms with Crippen LogP contribution in [-0.2, 0) is 9.59 Å². The van der Waals surface area contributed by atoms with Crippen molar-refractivity contribution < 1.29 is 18.8 Å². The molecule has 9 heteroatoms. The topological polar surface area (TPSA) is 69.7 Å². The van der Waals surface area contributed by atoms with Gasteiger partial charge in [0, 0.05) is 13.1 Å². The molecule has 2 saturated heterocycles. The third-order valence-electron chi connectivity index (χ3n) is 4.99. The van der Waals surface area contributed by atoms with Crippen molar-refractivity contribution in [3.05, 3.63) is 63.4 Å². The van der Waals surface area contributed by atoms with Gasteiger partial charge in [0.1, 0.15) is 11.4 Å². The quantitative estimate of drug-likeness (QED) is 0.559. The Hall–Kier alpha value is -2.90. The lowest BCUT2D eigenvalue weighted by molar-refractivity contribution is -0.122. The highest BCUT2D eigenvalue weighted by Gasteiger charge is 2.37. The molecule has 2 heterocycles. The van der Waals surface area contributed by atoms with Crippen LogP contribution in [0.4, 0.5) is 20.6 Å². The molecule has 2 aromatic rings. The van der Waals surface area contributed by atoms with Crippen LogP contribution in [-0.4, -0.2) is 30.9 Å². The predicted octanol–water partition coefficient (Wildman–Crippen LogP) is 4.40. The largest absolute Gasteiger partial charge is 0.369 e. The van der Waals surface area contributed by atoms with E-state index in [1.165, 1.54) is 30.3 Å². The van der Waals surface area contributed by atoms with Crippen LogP contribution in [0, 0.1) is 5.82 Å². The minimum atomic E-state index is -0.906. The van der Waals surface area contributed by atoms with Gasteiger partial charge in [0.15, 0.2) is 0 Å². The maximum atomic E-state index is 14.6. The van der Waals surface area contributed by atoms with E-state index in [9.17, 15) is 18.8 Å². The average Bonchev–Trinajstić information content (AvgIpc) is 3.22. The molecule has 0 spiro atoms. The number of carbonyl (C=O) groups is 3. The number of anilines is 2. The van der Waals surface area contributed by atoms with E-state index in [1.807, 2.05) is 4.90 Å². The monoisotopic (exact) mass is 447 g/mol. The number of hydrogen-bond donors (Lipinski definition) is 1. The fourth-order valence-corrected chi connectivity index (χ4v) is 3.80. The van der Waals surface area contributed by atoms with E-state index in [4.69, 9.17) is 23.2 Å². The second-order valence-electron chi connectivity index (χ2n) is 6.96. The molecule has 0 saturated carbocycles. The summed E-state index contributed by atoms with van der Waals surface area (Å²) in [4.78, 5) is 40.2. The number of nitrogens with zero attached hydrogens (tertiary/aromatic N) is 2. The van der Waals surface area contributed by atoms with Crippen LogP contribution in [0.3, 0.4) is 0 Å². The van der Waals surface area contributed by atoms with Gasteiger partial charge >= 0.3 is 6.03 Å². The predicted molar refractivity (Wildman–Crippen MR) is 113 cm³/mol. The number of halogens is 3. The van der Waals surface area contributed by atoms with E-state index in [-0.39, 0.29) is 21.3 Å². The van der Waals surface area contributed by atoms with Gasteiger partial charge in [-0.2, -0.15) is 0 Å². The van der Waals surface area contributed by atoms with E-state index >= 15 is 0 Å². The molecule has 2 fully saturated rings. The molecule has 2 aliphatic heterocycles. The van der Waals surface area contributed by atoms with Crippen LogP contribution in [0.5, 0.6) is 0 Å². The van der Waals surface area contributed by atoms with Crippen molar-refractivity contribution in [1.29, 1.82) is 0 Å². The number of carbonyl (C=O) groups excluding carboxylic acids is 3. The van der Waals surface area contributed by atoms with Gasteiger partial charge in [-0.25, -0.2) is 14.1 Å². The van der Waals surface area contributed by atoms with Crippen LogP contribution >= 0.6 is 23.2 Å². The van der Waals surface area contributed by atoms with Crippen LogP contribution in [0.2, 0.25) is 10.0 Å². The van der Waals surface area contributed by atoms with Crippen LogP contribution < -0.4 is 15.1 Å². The van der Waals surface area contributed by atoms with Gasteiger partial charge in [-0.05, 0) is 54.8 Å². The van der Waals surface area contributed by atoms with E-state index in [0.717, 1.165) is 30.8 Å². The van der Waals surface area contributed by atoms with Gasteiger partial charge in [-0.3, -0.25) is 14.9 Å². The van der Waals surface area contributed by atoms with E-state index < -0.39 is 23.7 Å². The lowest BCUT2D eigenvalue weighted by Gasteiger charge is -2.26. The summed E-state index contributed by atoms with van der Waals surface area (Å²) in [7, 11) is 0. The fourth-order valence-electron chi connectivity index (χ4n) is 3.51. The minimum absolute atomic E-state index is 0.150. The number of hydrogen-bond acceptors (Lipinski definition) is 4. The highest BCUT2D eigenvalue weighted by molar-refractivity contribution is 6.43. The van der Waals surface area contributed by atoms with Gasteiger partial charge in [0.2, 0.25) is 0 Å². The summed E-state index contributed by atoms with van der Waals surface area (Å²) >= 11 is 11.9. The zero-order valence-electron chi connectivity index (χ0n) is 15.6. The Kier molecular flexibility index (Phi) is 5.49. The first-order valence-corrected chi connectivity index (χ1v) is 10.0. The van der Waals surface area contributed by atoms with Crippen molar-refractivity contribution in [3.8, 4) is 0 Å². The second-order valence-corrected chi connectivity index (χ2v) is 7.78. The van der Waals surface area contributed by atoms with Crippen molar-refractivity contribution in [2.75, 3.05) is 22.9 Å². The maximum absolute atomic E-state index is 14.6. The summed E-state index contributed by atoms with van der Waals surface area (Å²) in [5.41, 5.74) is 0.675. The number of benzene rings is 2. The molecule has 0 unspecified atom stereocenters. The Bertz CT molecular complexity index is 1100. The molecule has 2 aliphatic rings. The molecule has 154 valence electrons. The molecule has 0 aromatic heterocycles. The summed E-state index contributed by atoms with van der Waals surface area (Å²) in [6.45, 7) is 1.58. The molecule has 0 atom stereocenters. The van der Waals surface area contributed by atoms with Crippen molar-refractivity contribution in [1.82, 2.24) is 5.32 Å². The molecule has 2 aromatic carbocycles. The van der Waals surface area contributed by atoms with E-state index in [0.29, 0.717) is 11.3 Å². The van der Waals surface area contributed by atoms with Crippen molar-refractivity contribution in [2.45, 2.75) is 12.8 Å². The minimum Gasteiger partial charge on any atom is -0.369 e. The summed E-state index contributed by atoms with van der Waals surface area (Å²) in [5.74, 6) is -2.14. The van der Waals surface area contributed by atoms with Crippen LogP contribution in [0.15, 0.2) is 42.0 Å². The van der Waals surface area contributed by atoms with Gasteiger partial charge in [-0.15, -0.1) is 0 Å². The van der Waals surface area contributed by atoms with Gasteiger partial charge in [0.05, 0.1) is 21.4 Å². The maximum Gasteiger partial charge on any atom is 0.335 e. The zero-order valence-corrected chi connectivity index (χ0v) is 17.1. The number of barbiturate groups is 1. The molecular formula is C21H16Cl2FN3O3. The Labute approximate surface area is 181 Å². The Morgan fingerprint density at radius 3 is 2.37 bits per heavy atom. The van der Waals surface area contributed by atoms with E-state index in [1.54, 1.807) is 12.1 Å². The zero-order chi connectivity index (χ0) is 21.4. The van der Waals surface area contributed by atoms with Crippen LogP contribution in [0.25, 0.3) is 6.08 Å². The number of amides is 4. The van der Waals surface area contributed by atoms with Crippen LogP contribution in [0.1, 0.15) is 18.4 Å². The third kappa shape index (κ3) is 3.78. The Balaban J connectivity index is 1.67. The van der Waals surface area contributed by atoms with E-state index in [2.05, 4.69) is 5.32 Å². The Morgan fingerprint density at radius 2 is 1.70 bits per heavy atom. The fraction of sp³-hybridized carbons (Fsp3) is 0.190. The molecule has 0 bridgehead atoms. The smallest absolute Gasteiger partial charge is 0.335 e. The normalized spacial score (nSPS) is 18.4. The SMILES string of the molecule is O=C1NC(=O)N(c2ccc(Cl)c(Cl)c2)C(=O)/C1=C/c1ccc(N2CCCC2)c(F)c1. The molecule has 1 N–H and O–H groups in total. The van der Waals surface area contributed by atoms with Crippen molar-refractivity contribution in [3.63, 3.8) is 0 Å². The van der Waals surface area contributed by atoms with Gasteiger partial charge < -0.3 is 4.90 Å². The number of nitrogens with one attached hydrogen (secondary N) is 1. The summed E-state index contributed by atoms with van der Waals surface area (Å²) in [6.07, 6.45) is 3.28.